The molecule has 2 N–H and O–H groups in total. The lowest BCUT2D eigenvalue weighted by atomic mass is 9.92. The van der Waals surface area contributed by atoms with Gasteiger partial charge in [-0.1, -0.05) is 54.1 Å². The molecule has 2 aromatic heterocycles. The number of anilines is 1. The Kier molecular flexibility index (Phi) is 5.26. The number of benzene rings is 2. The molecule has 0 amide bonds. The predicted molar refractivity (Wildman–Crippen MR) is 115 cm³/mol. The maximum absolute atomic E-state index is 11.5. The lowest BCUT2D eigenvalue weighted by molar-refractivity contribution is -0.125. The molecule has 2 heterocycles. The molecule has 30 heavy (non-hydrogen) atoms. The highest BCUT2D eigenvalue weighted by molar-refractivity contribution is 5.84. The van der Waals surface area contributed by atoms with Crippen molar-refractivity contribution in [1.82, 2.24) is 19.5 Å². The molecule has 0 aliphatic rings. The Bertz CT molecular complexity index is 1260. The summed E-state index contributed by atoms with van der Waals surface area (Å²) in [5.74, 6) is 0.791. The van der Waals surface area contributed by atoms with Gasteiger partial charge in [-0.05, 0) is 30.5 Å². The minimum atomic E-state index is 0.253. The molecule has 0 aliphatic carbocycles. The van der Waals surface area contributed by atoms with Crippen LogP contribution in [0.25, 0.3) is 16.7 Å². The second-order valence-electron chi connectivity index (χ2n) is 7.00. The van der Waals surface area contributed by atoms with Crippen molar-refractivity contribution >= 4 is 29.0 Å². The number of nitrogens with zero attached hydrogens (tertiary/aromatic N) is 4. The summed E-state index contributed by atoms with van der Waals surface area (Å²) < 4.78 is 7.33. The van der Waals surface area contributed by atoms with E-state index in [1.54, 1.807) is 10.9 Å². The highest BCUT2D eigenvalue weighted by Gasteiger charge is 2.18. The van der Waals surface area contributed by atoms with Gasteiger partial charge in [0.25, 0.3) is 6.47 Å². The fourth-order valence-corrected chi connectivity index (χ4v) is 3.52. The van der Waals surface area contributed by atoms with E-state index in [4.69, 9.17) is 10.5 Å². The third-order valence-electron chi connectivity index (χ3n) is 4.93. The smallest absolute Gasteiger partial charge is 0.298 e. The fourth-order valence-electron chi connectivity index (χ4n) is 3.52. The van der Waals surface area contributed by atoms with Crippen molar-refractivity contribution < 1.29 is 9.53 Å². The first-order valence-electron chi connectivity index (χ1n) is 9.46. The number of nitrogen functional groups attached to an aromatic ring is 1. The van der Waals surface area contributed by atoms with Crippen LogP contribution in [0.5, 0.6) is 0 Å². The molecule has 0 bridgehead atoms. The zero-order valence-corrected chi connectivity index (χ0v) is 16.7. The first kappa shape index (κ1) is 19.3. The van der Waals surface area contributed by atoms with Gasteiger partial charge in [0, 0.05) is 5.57 Å². The van der Waals surface area contributed by atoms with Crippen molar-refractivity contribution in [2.45, 2.75) is 20.4 Å². The van der Waals surface area contributed by atoms with Crippen LogP contribution in [0.2, 0.25) is 0 Å². The summed E-state index contributed by atoms with van der Waals surface area (Å²) in [6.07, 6.45) is 3.01. The molecule has 4 aromatic rings. The van der Waals surface area contributed by atoms with Gasteiger partial charge in [-0.2, -0.15) is 0 Å². The average Bonchev–Trinajstić information content (AvgIpc) is 3.14. The van der Waals surface area contributed by atoms with E-state index in [0.29, 0.717) is 29.2 Å². The number of nitrogens with two attached hydrogens (primary N) is 1. The number of imidazole rings is 1. The third kappa shape index (κ3) is 3.65. The Hall–Kier alpha value is -4.00. The van der Waals surface area contributed by atoms with Crippen molar-refractivity contribution in [1.29, 1.82) is 0 Å². The number of carbonyl (C=O) groups is 1. The number of aromatic nitrogens is 4. The largest absolute Gasteiger partial charge is 0.431 e. The van der Waals surface area contributed by atoms with Crippen LogP contribution in [0.3, 0.4) is 0 Å². The topological polar surface area (TPSA) is 95.9 Å². The van der Waals surface area contributed by atoms with Crippen molar-refractivity contribution in [2.24, 2.45) is 0 Å². The van der Waals surface area contributed by atoms with Gasteiger partial charge in [0.1, 0.15) is 17.6 Å². The standard InChI is InChI=1S/C23H21N5O2/c1-15-6-5-8-17(10-15)20(18-9-4-3-7-16(18)2)19(30-14-29)11-28-13-27-21-22(24)25-12-26-23(21)28/h3-10,12-14H,11H2,1-2H3,(H2,24,25,26)/b20-19-. The van der Waals surface area contributed by atoms with Gasteiger partial charge in [0.05, 0.1) is 12.9 Å². The summed E-state index contributed by atoms with van der Waals surface area (Å²) in [6.45, 7) is 4.77. The Morgan fingerprint density at radius 1 is 1.10 bits per heavy atom. The van der Waals surface area contributed by atoms with Gasteiger partial charge in [-0.3, -0.25) is 4.79 Å². The molecule has 0 spiro atoms. The SMILES string of the molecule is Cc1cccc(/C(=C(\Cn2cnc3c(N)ncnc32)OC=O)c2ccccc2C)c1. The van der Waals surface area contributed by atoms with E-state index < -0.39 is 0 Å². The Balaban J connectivity index is 1.94. The number of hydrogen-bond acceptors (Lipinski definition) is 6. The Morgan fingerprint density at radius 2 is 1.93 bits per heavy atom. The number of rotatable bonds is 6. The predicted octanol–water partition coefficient (Wildman–Crippen LogP) is 3.66. The summed E-state index contributed by atoms with van der Waals surface area (Å²) >= 11 is 0. The maximum atomic E-state index is 11.5. The van der Waals surface area contributed by atoms with Gasteiger partial charge in [-0.25, -0.2) is 15.0 Å². The first-order valence-corrected chi connectivity index (χ1v) is 9.46. The molecule has 2 aromatic carbocycles. The van der Waals surface area contributed by atoms with E-state index >= 15 is 0 Å². The molecule has 7 nitrogen and oxygen atoms in total. The Morgan fingerprint density at radius 3 is 2.70 bits per heavy atom. The normalized spacial score (nSPS) is 11.9. The van der Waals surface area contributed by atoms with Crippen molar-refractivity contribution in [3.63, 3.8) is 0 Å². The van der Waals surface area contributed by atoms with E-state index in [9.17, 15) is 4.79 Å². The lowest BCUT2D eigenvalue weighted by Crippen LogP contribution is -2.08. The second kappa shape index (κ2) is 8.16. The fraction of sp³-hybridized carbons (Fsp3) is 0.130. The minimum Gasteiger partial charge on any atom is -0.431 e. The quantitative estimate of drug-likeness (QED) is 0.393. The van der Waals surface area contributed by atoms with Crippen LogP contribution < -0.4 is 5.73 Å². The van der Waals surface area contributed by atoms with E-state index in [0.717, 1.165) is 27.8 Å². The highest BCUT2D eigenvalue weighted by atomic mass is 16.5. The number of aryl methyl sites for hydroxylation is 2. The average molecular weight is 399 g/mol. The van der Waals surface area contributed by atoms with Gasteiger partial charge >= 0.3 is 0 Å². The number of fused-ring (bicyclic) bond motifs is 1. The van der Waals surface area contributed by atoms with Crippen molar-refractivity contribution in [2.75, 3.05) is 5.73 Å². The molecule has 4 rings (SSSR count). The zero-order valence-electron chi connectivity index (χ0n) is 16.7. The molecule has 0 unspecified atom stereocenters. The second-order valence-corrected chi connectivity index (χ2v) is 7.00. The summed E-state index contributed by atoms with van der Waals surface area (Å²) in [4.78, 5) is 24.0. The molecule has 7 heteroatoms. The molecule has 0 saturated carbocycles. The molecule has 0 radical (unpaired) electrons. The van der Waals surface area contributed by atoms with Gasteiger partial charge in [0.2, 0.25) is 0 Å². The van der Waals surface area contributed by atoms with Gasteiger partial charge < -0.3 is 15.0 Å². The van der Waals surface area contributed by atoms with Crippen LogP contribution in [0.15, 0.2) is 66.9 Å². The van der Waals surface area contributed by atoms with Crippen LogP contribution in [-0.4, -0.2) is 26.0 Å². The lowest BCUT2D eigenvalue weighted by Gasteiger charge is -2.17. The van der Waals surface area contributed by atoms with Crippen molar-refractivity contribution in [3.8, 4) is 0 Å². The third-order valence-corrected chi connectivity index (χ3v) is 4.93. The van der Waals surface area contributed by atoms with Crippen LogP contribution in [-0.2, 0) is 16.1 Å². The minimum absolute atomic E-state index is 0.253. The zero-order chi connectivity index (χ0) is 21.1. The molecule has 0 atom stereocenters. The highest BCUT2D eigenvalue weighted by Crippen LogP contribution is 2.31. The van der Waals surface area contributed by atoms with E-state index in [2.05, 4.69) is 21.0 Å². The summed E-state index contributed by atoms with van der Waals surface area (Å²) in [6, 6.07) is 16.1. The number of carbonyl (C=O) groups excluding carboxylic acids is 1. The Labute approximate surface area is 173 Å². The summed E-state index contributed by atoms with van der Waals surface area (Å²) in [5.41, 5.74) is 12.0. The number of hydrogen-bond donors (Lipinski definition) is 1. The summed E-state index contributed by atoms with van der Waals surface area (Å²) in [5, 5.41) is 0. The monoisotopic (exact) mass is 399 g/mol. The van der Waals surface area contributed by atoms with E-state index in [1.807, 2.05) is 56.3 Å². The molecule has 0 fully saturated rings. The van der Waals surface area contributed by atoms with Crippen LogP contribution in [0.1, 0.15) is 22.3 Å². The molecular weight excluding hydrogens is 378 g/mol. The number of ether oxygens (including phenoxy) is 1. The number of allylic oxidation sites excluding steroid dienone is 1. The summed E-state index contributed by atoms with van der Waals surface area (Å²) in [7, 11) is 0. The first-order chi connectivity index (χ1) is 14.6. The van der Waals surface area contributed by atoms with Crippen LogP contribution >= 0.6 is 0 Å². The van der Waals surface area contributed by atoms with Gasteiger partial charge in [0.15, 0.2) is 11.5 Å². The van der Waals surface area contributed by atoms with Crippen molar-refractivity contribution in [3.05, 3.63) is 89.2 Å². The molecular formula is C23H21N5O2. The van der Waals surface area contributed by atoms with E-state index in [1.165, 1.54) is 6.33 Å². The molecule has 150 valence electrons. The van der Waals surface area contributed by atoms with Crippen LogP contribution in [0.4, 0.5) is 5.82 Å². The van der Waals surface area contributed by atoms with Gasteiger partial charge in [-0.15, -0.1) is 0 Å². The maximum Gasteiger partial charge on any atom is 0.298 e. The molecule has 0 saturated heterocycles. The van der Waals surface area contributed by atoms with E-state index in [-0.39, 0.29) is 6.54 Å². The van der Waals surface area contributed by atoms with Crippen LogP contribution in [0, 0.1) is 13.8 Å². The molecule has 0 aliphatic heterocycles.